The molecule has 1 heterocycles. The van der Waals surface area contributed by atoms with Gasteiger partial charge in [0, 0.05) is 13.1 Å². The summed E-state index contributed by atoms with van der Waals surface area (Å²) in [5.74, 6) is -0.00926. The summed E-state index contributed by atoms with van der Waals surface area (Å²) >= 11 is 0. The molecule has 0 atom stereocenters. The van der Waals surface area contributed by atoms with E-state index in [0.29, 0.717) is 5.70 Å². The van der Waals surface area contributed by atoms with E-state index in [9.17, 15) is 4.79 Å². The van der Waals surface area contributed by atoms with Gasteiger partial charge in [-0.2, -0.15) is 0 Å². The molecule has 11 heavy (non-hydrogen) atoms. The summed E-state index contributed by atoms with van der Waals surface area (Å²) in [7, 11) is 0. The first kappa shape index (κ1) is 8.11. The van der Waals surface area contributed by atoms with Gasteiger partial charge in [-0.15, -0.1) is 0 Å². The molecule has 2 N–H and O–H groups in total. The molecule has 62 valence electrons. The molecule has 0 aliphatic carbocycles. The highest BCUT2D eigenvalue weighted by molar-refractivity contribution is 5.92. The van der Waals surface area contributed by atoms with E-state index in [1.807, 2.05) is 0 Å². The Balaban J connectivity index is 2.53. The molecule has 0 aromatic rings. The fourth-order valence-corrected chi connectivity index (χ4v) is 1.23. The van der Waals surface area contributed by atoms with Crippen molar-refractivity contribution in [1.29, 1.82) is 0 Å². The van der Waals surface area contributed by atoms with E-state index in [0.717, 1.165) is 25.9 Å². The molecule has 0 bridgehead atoms. The van der Waals surface area contributed by atoms with Gasteiger partial charge in [-0.3, -0.25) is 4.79 Å². The molecule has 0 aromatic heterocycles. The molecule has 0 aromatic carbocycles. The molecule has 1 amide bonds. The van der Waals surface area contributed by atoms with Crippen molar-refractivity contribution in [2.75, 3.05) is 13.1 Å². The Morgan fingerprint density at radius 2 is 2.00 bits per heavy atom. The predicted octanol–water partition coefficient (Wildman–Crippen LogP) is 0.471. The van der Waals surface area contributed by atoms with Crippen molar-refractivity contribution in [3.05, 3.63) is 11.8 Å². The van der Waals surface area contributed by atoms with Gasteiger partial charge in [0.2, 0.25) is 0 Å². The van der Waals surface area contributed by atoms with Gasteiger partial charge in [0.25, 0.3) is 5.91 Å². The van der Waals surface area contributed by atoms with Gasteiger partial charge in [0.15, 0.2) is 0 Å². The summed E-state index contributed by atoms with van der Waals surface area (Å²) in [6.45, 7) is 3.52. The van der Waals surface area contributed by atoms with Crippen LogP contribution in [0.15, 0.2) is 11.8 Å². The zero-order chi connectivity index (χ0) is 8.27. The average molecular weight is 154 g/mol. The number of carbonyl (C=O) groups excluding carboxylic acids is 1. The summed E-state index contributed by atoms with van der Waals surface area (Å²) in [4.78, 5) is 13.1. The third-order valence-electron chi connectivity index (χ3n) is 1.95. The van der Waals surface area contributed by atoms with Crippen molar-refractivity contribution in [2.45, 2.75) is 19.8 Å². The minimum Gasteiger partial charge on any atom is -0.395 e. The maximum Gasteiger partial charge on any atom is 0.269 e. The van der Waals surface area contributed by atoms with Gasteiger partial charge in [-0.1, -0.05) is 6.08 Å². The Bertz CT molecular complexity index is 181. The molecule has 3 nitrogen and oxygen atoms in total. The molecular formula is C8H14N2O. The molecule has 1 fully saturated rings. The van der Waals surface area contributed by atoms with Crippen LogP contribution in [0.5, 0.6) is 0 Å². The van der Waals surface area contributed by atoms with Gasteiger partial charge < -0.3 is 10.6 Å². The van der Waals surface area contributed by atoms with Crippen LogP contribution in [0.3, 0.4) is 0 Å². The maximum absolute atomic E-state index is 11.3. The van der Waals surface area contributed by atoms with E-state index in [1.165, 1.54) is 0 Å². The first-order valence-electron chi connectivity index (χ1n) is 3.96. The zero-order valence-electron chi connectivity index (χ0n) is 6.84. The zero-order valence-corrected chi connectivity index (χ0v) is 6.84. The van der Waals surface area contributed by atoms with Crippen molar-refractivity contribution < 1.29 is 4.79 Å². The van der Waals surface area contributed by atoms with Crippen molar-refractivity contribution in [3.8, 4) is 0 Å². The SMILES string of the molecule is CC=C(N)C(=O)N1CCCC1. The van der Waals surface area contributed by atoms with Crippen LogP contribution in [0, 0.1) is 0 Å². The highest BCUT2D eigenvalue weighted by Crippen LogP contribution is 2.09. The number of allylic oxidation sites excluding steroid dienone is 1. The molecule has 0 spiro atoms. The molecule has 3 heteroatoms. The maximum atomic E-state index is 11.3. The van der Waals surface area contributed by atoms with Crippen LogP contribution in [0.2, 0.25) is 0 Å². The number of amides is 1. The largest absolute Gasteiger partial charge is 0.395 e. The number of rotatable bonds is 1. The van der Waals surface area contributed by atoms with Gasteiger partial charge in [-0.05, 0) is 19.8 Å². The summed E-state index contributed by atoms with van der Waals surface area (Å²) in [6, 6.07) is 0. The van der Waals surface area contributed by atoms with Crippen LogP contribution in [0.1, 0.15) is 19.8 Å². The standard InChI is InChI=1S/C8H14N2O/c1-2-7(9)8(11)10-5-3-4-6-10/h2H,3-6,9H2,1H3. The summed E-state index contributed by atoms with van der Waals surface area (Å²) in [5.41, 5.74) is 5.83. The second-order valence-electron chi connectivity index (χ2n) is 2.74. The highest BCUT2D eigenvalue weighted by atomic mass is 16.2. The van der Waals surface area contributed by atoms with E-state index in [2.05, 4.69) is 0 Å². The Labute approximate surface area is 66.9 Å². The molecule has 1 aliphatic rings. The monoisotopic (exact) mass is 154 g/mol. The number of nitrogens with zero attached hydrogens (tertiary/aromatic N) is 1. The van der Waals surface area contributed by atoms with Crippen LogP contribution >= 0.6 is 0 Å². The van der Waals surface area contributed by atoms with Gasteiger partial charge in [0.1, 0.15) is 0 Å². The molecule has 0 saturated carbocycles. The molecule has 1 rings (SSSR count). The Hall–Kier alpha value is -0.990. The van der Waals surface area contributed by atoms with E-state index >= 15 is 0 Å². The Morgan fingerprint density at radius 1 is 1.45 bits per heavy atom. The molecule has 1 aliphatic heterocycles. The first-order chi connectivity index (χ1) is 5.25. The van der Waals surface area contributed by atoms with E-state index in [1.54, 1.807) is 17.9 Å². The topological polar surface area (TPSA) is 46.3 Å². The summed E-state index contributed by atoms with van der Waals surface area (Å²) in [5, 5.41) is 0. The fraction of sp³-hybridized carbons (Fsp3) is 0.625. The lowest BCUT2D eigenvalue weighted by atomic mass is 10.4. The third kappa shape index (κ3) is 1.73. The van der Waals surface area contributed by atoms with E-state index < -0.39 is 0 Å². The van der Waals surface area contributed by atoms with Crippen molar-refractivity contribution >= 4 is 5.91 Å². The average Bonchev–Trinajstić information content (AvgIpc) is 2.53. The van der Waals surface area contributed by atoms with Gasteiger partial charge in [-0.25, -0.2) is 0 Å². The van der Waals surface area contributed by atoms with Crippen molar-refractivity contribution in [1.82, 2.24) is 4.90 Å². The number of hydrogen-bond acceptors (Lipinski definition) is 2. The lowest BCUT2D eigenvalue weighted by Gasteiger charge is -2.14. The van der Waals surface area contributed by atoms with Gasteiger partial charge >= 0.3 is 0 Å². The number of nitrogens with two attached hydrogens (primary N) is 1. The van der Waals surface area contributed by atoms with Crippen molar-refractivity contribution in [3.63, 3.8) is 0 Å². The first-order valence-corrected chi connectivity index (χ1v) is 3.96. The Kier molecular flexibility index (Phi) is 2.52. The quantitative estimate of drug-likeness (QED) is 0.558. The lowest BCUT2D eigenvalue weighted by molar-refractivity contribution is -0.126. The molecule has 0 radical (unpaired) electrons. The minimum atomic E-state index is -0.00926. The highest BCUT2D eigenvalue weighted by Gasteiger charge is 2.18. The number of likely N-dealkylation sites (tertiary alicyclic amines) is 1. The van der Waals surface area contributed by atoms with Crippen LogP contribution in [-0.4, -0.2) is 23.9 Å². The number of carbonyl (C=O) groups is 1. The summed E-state index contributed by atoms with van der Waals surface area (Å²) in [6.07, 6.45) is 3.88. The van der Waals surface area contributed by atoms with Crippen LogP contribution in [-0.2, 0) is 4.79 Å². The summed E-state index contributed by atoms with van der Waals surface area (Å²) < 4.78 is 0. The van der Waals surface area contributed by atoms with Crippen LogP contribution in [0.25, 0.3) is 0 Å². The lowest BCUT2D eigenvalue weighted by Crippen LogP contribution is -2.31. The van der Waals surface area contributed by atoms with Crippen molar-refractivity contribution in [2.24, 2.45) is 5.73 Å². The molecular weight excluding hydrogens is 140 g/mol. The minimum absolute atomic E-state index is 0.00926. The van der Waals surface area contributed by atoms with E-state index in [-0.39, 0.29) is 5.91 Å². The van der Waals surface area contributed by atoms with E-state index in [4.69, 9.17) is 5.73 Å². The third-order valence-corrected chi connectivity index (χ3v) is 1.95. The predicted molar refractivity (Wildman–Crippen MR) is 43.8 cm³/mol. The normalized spacial score (nSPS) is 19.0. The second kappa shape index (κ2) is 3.42. The smallest absolute Gasteiger partial charge is 0.269 e. The molecule has 1 saturated heterocycles. The van der Waals surface area contributed by atoms with Crippen LogP contribution in [0.4, 0.5) is 0 Å². The van der Waals surface area contributed by atoms with Gasteiger partial charge in [0.05, 0.1) is 5.70 Å². The second-order valence-corrected chi connectivity index (χ2v) is 2.74. The molecule has 0 unspecified atom stereocenters. The fourth-order valence-electron chi connectivity index (χ4n) is 1.23. The Morgan fingerprint density at radius 3 is 2.45 bits per heavy atom. The van der Waals surface area contributed by atoms with Crippen LogP contribution < -0.4 is 5.73 Å². The number of hydrogen-bond donors (Lipinski definition) is 1.